The van der Waals surface area contributed by atoms with Gasteiger partial charge in [0.25, 0.3) is 0 Å². The third-order valence-electron chi connectivity index (χ3n) is 2.33. The van der Waals surface area contributed by atoms with Crippen molar-refractivity contribution in [1.29, 1.82) is 0 Å². The molecule has 1 aromatic heterocycles. The Balaban J connectivity index is 1.99. The van der Waals surface area contributed by atoms with Crippen molar-refractivity contribution in [3.63, 3.8) is 0 Å². The van der Waals surface area contributed by atoms with Gasteiger partial charge in [0.05, 0.1) is 21.9 Å². The molecular formula is C13H7Cl4N3O2. The van der Waals surface area contributed by atoms with E-state index in [0.29, 0.717) is 21.3 Å². The van der Waals surface area contributed by atoms with Gasteiger partial charge in [-0.2, -0.15) is 0 Å². The van der Waals surface area contributed by atoms with Gasteiger partial charge >= 0.3 is 6.09 Å². The van der Waals surface area contributed by atoms with Crippen LogP contribution >= 0.6 is 46.4 Å². The average Bonchev–Trinajstić information content (AvgIpc) is 2.41. The van der Waals surface area contributed by atoms with Gasteiger partial charge in [0.2, 0.25) is 0 Å². The molecule has 0 radical (unpaired) electrons. The number of carbonyl (C=O) groups is 1. The minimum atomic E-state index is -0.835. The third-order valence-corrected chi connectivity index (χ3v) is 3.37. The Bertz CT molecular complexity index is 697. The fourth-order valence-corrected chi connectivity index (χ4v) is 2.39. The van der Waals surface area contributed by atoms with E-state index in [1.165, 1.54) is 18.3 Å². The summed E-state index contributed by atoms with van der Waals surface area (Å²) in [5, 5.41) is 6.94. The molecule has 0 aliphatic heterocycles. The summed E-state index contributed by atoms with van der Waals surface area (Å²) in [6, 6.07) is 7.77. The first-order valence-corrected chi connectivity index (χ1v) is 7.25. The molecule has 0 spiro atoms. The zero-order valence-electron chi connectivity index (χ0n) is 10.7. The summed E-state index contributed by atoms with van der Waals surface area (Å²) < 4.78 is 0. The molecule has 1 aromatic carbocycles. The summed E-state index contributed by atoms with van der Waals surface area (Å²) in [4.78, 5) is 20.0. The number of carbonyl (C=O) groups excluding carboxylic acids is 1. The van der Waals surface area contributed by atoms with Gasteiger partial charge in [-0.15, -0.1) is 0 Å². The van der Waals surface area contributed by atoms with Crippen molar-refractivity contribution in [2.45, 2.75) is 0 Å². The van der Waals surface area contributed by atoms with Gasteiger partial charge in [-0.25, -0.2) is 9.78 Å². The Kier molecular flexibility index (Phi) is 5.85. The Morgan fingerprint density at radius 3 is 2.32 bits per heavy atom. The van der Waals surface area contributed by atoms with E-state index in [-0.39, 0.29) is 10.3 Å². The number of amides is 1. The number of nitrogens with zero attached hydrogens (tertiary/aromatic N) is 2. The molecule has 0 fully saturated rings. The topological polar surface area (TPSA) is 63.6 Å². The molecule has 22 heavy (non-hydrogen) atoms. The average molecular weight is 379 g/mol. The molecule has 0 saturated heterocycles. The number of hydrogen-bond acceptors (Lipinski definition) is 4. The smallest absolute Gasteiger partial charge is 0.298 e. The monoisotopic (exact) mass is 377 g/mol. The first-order valence-electron chi connectivity index (χ1n) is 5.74. The number of benzene rings is 1. The Hall–Kier alpha value is -1.53. The van der Waals surface area contributed by atoms with Crippen LogP contribution in [0.4, 0.5) is 10.5 Å². The predicted molar refractivity (Wildman–Crippen MR) is 88.4 cm³/mol. The van der Waals surface area contributed by atoms with E-state index < -0.39 is 6.09 Å². The van der Waals surface area contributed by atoms with Crippen LogP contribution in [0.1, 0.15) is 5.56 Å². The largest absolute Gasteiger partial charge is 0.437 e. The molecule has 1 amide bonds. The molecule has 0 atom stereocenters. The zero-order chi connectivity index (χ0) is 16.1. The lowest BCUT2D eigenvalue weighted by atomic mass is 10.2. The van der Waals surface area contributed by atoms with E-state index >= 15 is 0 Å². The van der Waals surface area contributed by atoms with E-state index in [2.05, 4.69) is 20.3 Å². The molecule has 5 nitrogen and oxygen atoms in total. The molecular weight excluding hydrogens is 372 g/mol. The SMILES string of the molecule is O=C(Nc1cc(Cl)nc(Cl)c1)O/N=C/c1c(Cl)cccc1Cl. The number of halogens is 4. The van der Waals surface area contributed by atoms with E-state index in [0.717, 1.165) is 0 Å². The van der Waals surface area contributed by atoms with Gasteiger partial charge in [-0.3, -0.25) is 10.2 Å². The maximum absolute atomic E-state index is 11.6. The van der Waals surface area contributed by atoms with Crippen molar-refractivity contribution < 1.29 is 9.63 Å². The fraction of sp³-hybridized carbons (Fsp3) is 0. The Labute approximate surface area is 145 Å². The molecule has 0 aliphatic rings. The quantitative estimate of drug-likeness (QED) is 0.342. The molecule has 114 valence electrons. The highest BCUT2D eigenvalue weighted by Crippen LogP contribution is 2.22. The van der Waals surface area contributed by atoms with Crippen LogP contribution in [0.2, 0.25) is 20.4 Å². The second-order valence-corrected chi connectivity index (χ2v) is 5.46. The maximum atomic E-state index is 11.6. The van der Waals surface area contributed by atoms with Gasteiger partial charge in [-0.05, 0) is 24.3 Å². The number of nitrogens with one attached hydrogen (secondary N) is 1. The molecule has 9 heteroatoms. The molecule has 0 aliphatic carbocycles. The highest BCUT2D eigenvalue weighted by molar-refractivity contribution is 6.38. The van der Waals surface area contributed by atoms with Crippen molar-refractivity contribution in [2.24, 2.45) is 5.16 Å². The molecule has 1 N–H and O–H groups in total. The van der Waals surface area contributed by atoms with Gasteiger partial charge in [0.1, 0.15) is 10.3 Å². The number of aromatic nitrogens is 1. The Morgan fingerprint density at radius 1 is 1.14 bits per heavy atom. The summed E-state index contributed by atoms with van der Waals surface area (Å²) in [6.45, 7) is 0. The fourth-order valence-electron chi connectivity index (χ4n) is 1.44. The van der Waals surface area contributed by atoms with Gasteiger partial charge in [0.15, 0.2) is 0 Å². The minimum Gasteiger partial charge on any atom is -0.298 e. The second kappa shape index (κ2) is 7.65. The maximum Gasteiger partial charge on any atom is 0.437 e. The van der Waals surface area contributed by atoms with Crippen LogP contribution in [0.25, 0.3) is 0 Å². The summed E-state index contributed by atoms with van der Waals surface area (Å²) in [5.74, 6) is 0. The lowest BCUT2D eigenvalue weighted by Gasteiger charge is -2.04. The molecule has 0 bridgehead atoms. The van der Waals surface area contributed by atoms with Gasteiger partial charge < -0.3 is 0 Å². The van der Waals surface area contributed by atoms with Crippen LogP contribution < -0.4 is 5.32 Å². The zero-order valence-corrected chi connectivity index (χ0v) is 13.7. The lowest BCUT2D eigenvalue weighted by molar-refractivity contribution is 0.167. The number of oxime groups is 1. The van der Waals surface area contributed by atoms with Crippen molar-refractivity contribution in [3.8, 4) is 0 Å². The van der Waals surface area contributed by atoms with Gasteiger partial charge in [0, 0.05) is 5.56 Å². The molecule has 2 aromatic rings. The van der Waals surface area contributed by atoms with Crippen LogP contribution in [0.3, 0.4) is 0 Å². The highest BCUT2D eigenvalue weighted by atomic mass is 35.5. The number of pyridine rings is 1. The Morgan fingerprint density at radius 2 is 1.73 bits per heavy atom. The van der Waals surface area contributed by atoms with E-state index in [9.17, 15) is 4.79 Å². The van der Waals surface area contributed by atoms with Crippen LogP contribution in [0.5, 0.6) is 0 Å². The summed E-state index contributed by atoms with van der Waals surface area (Å²) in [7, 11) is 0. The summed E-state index contributed by atoms with van der Waals surface area (Å²) >= 11 is 23.3. The number of rotatable bonds is 3. The van der Waals surface area contributed by atoms with Crippen molar-refractivity contribution >= 4 is 64.4 Å². The number of anilines is 1. The lowest BCUT2D eigenvalue weighted by Crippen LogP contribution is -2.11. The first-order chi connectivity index (χ1) is 10.5. The van der Waals surface area contributed by atoms with E-state index in [4.69, 9.17) is 46.4 Å². The molecule has 1 heterocycles. The molecule has 0 unspecified atom stereocenters. The summed E-state index contributed by atoms with van der Waals surface area (Å²) in [6.07, 6.45) is 0.397. The molecule has 0 saturated carbocycles. The second-order valence-electron chi connectivity index (χ2n) is 3.87. The predicted octanol–water partition coefficient (Wildman–Crippen LogP) is 5.28. The van der Waals surface area contributed by atoms with Crippen molar-refractivity contribution in [2.75, 3.05) is 5.32 Å². The first kappa shape index (κ1) is 16.8. The normalized spacial score (nSPS) is 10.7. The highest BCUT2D eigenvalue weighted by Gasteiger charge is 2.06. The van der Waals surface area contributed by atoms with Crippen LogP contribution in [-0.2, 0) is 4.84 Å². The molecule has 2 rings (SSSR count). The van der Waals surface area contributed by atoms with Crippen molar-refractivity contribution in [1.82, 2.24) is 4.98 Å². The van der Waals surface area contributed by atoms with Crippen LogP contribution in [-0.4, -0.2) is 17.3 Å². The van der Waals surface area contributed by atoms with E-state index in [1.807, 2.05) is 0 Å². The number of hydrogen-bond donors (Lipinski definition) is 1. The van der Waals surface area contributed by atoms with E-state index in [1.54, 1.807) is 18.2 Å². The van der Waals surface area contributed by atoms with Crippen LogP contribution in [0.15, 0.2) is 35.5 Å². The van der Waals surface area contributed by atoms with Gasteiger partial charge in [-0.1, -0.05) is 57.6 Å². The summed E-state index contributed by atoms with van der Waals surface area (Å²) in [5.41, 5.74) is 0.759. The van der Waals surface area contributed by atoms with Crippen molar-refractivity contribution in [3.05, 3.63) is 56.2 Å². The minimum absolute atomic E-state index is 0.133. The van der Waals surface area contributed by atoms with Crippen LogP contribution in [0, 0.1) is 0 Å². The third kappa shape index (κ3) is 4.74. The standard InChI is InChI=1S/C13H7Cl4N3O2/c14-9-2-1-3-10(15)8(9)6-18-22-13(21)19-7-4-11(16)20-12(17)5-7/h1-6H,(H,19,20,21)/b18-6+.